The molecule has 3 heteroatoms. The summed E-state index contributed by atoms with van der Waals surface area (Å²) in [6.07, 6.45) is 0. The molecule has 0 atom stereocenters. The second kappa shape index (κ2) is 7.06. The molecule has 106 valence electrons. The Balaban J connectivity index is 2.01. The first-order chi connectivity index (χ1) is 9.70. The zero-order valence-corrected chi connectivity index (χ0v) is 11.9. The van der Waals surface area contributed by atoms with Crippen LogP contribution in [0.1, 0.15) is 23.6 Å². The van der Waals surface area contributed by atoms with Crippen LogP contribution in [0.2, 0.25) is 0 Å². The van der Waals surface area contributed by atoms with Crippen molar-refractivity contribution in [2.45, 2.75) is 27.0 Å². The maximum absolute atomic E-state index is 13.9. The van der Waals surface area contributed by atoms with E-state index in [0.717, 1.165) is 23.2 Å². The fourth-order valence-corrected chi connectivity index (χ4v) is 1.97. The zero-order valence-electron chi connectivity index (χ0n) is 11.9. The molecule has 2 rings (SSSR count). The number of nitrogens with one attached hydrogen (secondary N) is 1. The van der Waals surface area contributed by atoms with Gasteiger partial charge in [-0.3, -0.25) is 0 Å². The Morgan fingerprint density at radius 2 is 1.95 bits per heavy atom. The maximum Gasteiger partial charge on any atom is 0.165 e. The summed E-state index contributed by atoms with van der Waals surface area (Å²) in [6.45, 7) is 5.97. The third kappa shape index (κ3) is 3.81. The molecule has 0 heterocycles. The molecule has 0 fully saturated rings. The predicted octanol–water partition coefficient (Wildman–Crippen LogP) is 3.82. The van der Waals surface area contributed by atoms with Gasteiger partial charge in [0.1, 0.15) is 6.61 Å². The Labute approximate surface area is 119 Å². The fraction of sp³-hybridized carbons (Fsp3) is 0.294. The molecule has 0 amide bonds. The van der Waals surface area contributed by atoms with Gasteiger partial charge >= 0.3 is 0 Å². The number of halogens is 1. The van der Waals surface area contributed by atoms with Gasteiger partial charge in [0.15, 0.2) is 11.6 Å². The zero-order chi connectivity index (χ0) is 14.4. The SMILES string of the molecule is CCNCc1ccc(OCc2ccccc2C)c(F)c1. The Morgan fingerprint density at radius 3 is 2.65 bits per heavy atom. The highest BCUT2D eigenvalue weighted by Gasteiger charge is 2.06. The van der Waals surface area contributed by atoms with E-state index in [1.807, 2.05) is 44.2 Å². The number of hydrogen-bond donors (Lipinski definition) is 1. The van der Waals surface area contributed by atoms with Gasteiger partial charge in [-0.2, -0.15) is 0 Å². The minimum absolute atomic E-state index is 0.300. The first kappa shape index (κ1) is 14.5. The summed E-state index contributed by atoms with van der Waals surface area (Å²) in [5.41, 5.74) is 3.15. The van der Waals surface area contributed by atoms with Crippen LogP contribution in [0, 0.1) is 12.7 Å². The van der Waals surface area contributed by atoms with E-state index in [4.69, 9.17) is 4.74 Å². The van der Waals surface area contributed by atoms with Gasteiger partial charge in [0.2, 0.25) is 0 Å². The van der Waals surface area contributed by atoms with Gasteiger partial charge in [-0.1, -0.05) is 37.3 Å². The fourth-order valence-electron chi connectivity index (χ4n) is 1.97. The van der Waals surface area contributed by atoms with E-state index < -0.39 is 0 Å². The van der Waals surface area contributed by atoms with Crippen molar-refractivity contribution in [1.29, 1.82) is 0 Å². The molecule has 0 bridgehead atoms. The van der Waals surface area contributed by atoms with Gasteiger partial charge < -0.3 is 10.1 Å². The Kier molecular flexibility index (Phi) is 5.13. The second-order valence-corrected chi connectivity index (χ2v) is 4.76. The number of aryl methyl sites for hydroxylation is 1. The molecule has 0 aliphatic heterocycles. The lowest BCUT2D eigenvalue weighted by Gasteiger charge is -2.10. The Morgan fingerprint density at radius 1 is 1.15 bits per heavy atom. The van der Waals surface area contributed by atoms with Crippen LogP contribution in [0.25, 0.3) is 0 Å². The number of ether oxygens (including phenoxy) is 1. The van der Waals surface area contributed by atoms with Crippen LogP contribution in [0.5, 0.6) is 5.75 Å². The van der Waals surface area contributed by atoms with Gasteiger partial charge in [0.05, 0.1) is 0 Å². The summed E-state index contributed by atoms with van der Waals surface area (Å²) in [7, 11) is 0. The highest BCUT2D eigenvalue weighted by atomic mass is 19.1. The van der Waals surface area contributed by atoms with Crippen LogP contribution in [0.4, 0.5) is 4.39 Å². The molecule has 0 radical (unpaired) electrons. The van der Waals surface area contributed by atoms with Crippen molar-refractivity contribution in [3.63, 3.8) is 0 Å². The van der Waals surface area contributed by atoms with Crippen molar-refractivity contribution in [3.8, 4) is 5.75 Å². The highest BCUT2D eigenvalue weighted by molar-refractivity contribution is 5.30. The molecule has 0 unspecified atom stereocenters. The summed E-state index contributed by atoms with van der Waals surface area (Å²) < 4.78 is 19.5. The average Bonchev–Trinajstić information content (AvgIpc) is 2.45. The summed E-state index contributed by atoms with van der Waals surface area (Å²) in [6, 6.07) is 13.1. The topological polar surface area (TPSA) is 21.3 Å². The van der Waals surface area contributed by atoms with E-state index in [9.17, 15) is 4.39 Å². The van der Waals surface area contributed by atoms with Crippen LogP contribution in [-0.4, -0.2) is 6.54 Å². The Bertz CT molecular complexity index is 569. The van der Waals surface area contributed by atoms with E-state index in [1.165, 1.54) is 6.07 Å². The average molecular weight is 273 g/mol. The molecule has 2 aromatic carbocycles. The van der Waals surface area contributed by atoms with E-state index in [2.05, 4.69) is 5.32 Å². The first-order valence-electron chi connectivity index (χ1n) is 6.87. The summed E-state index contributed by atoms with van der Waals surface area (Å²) >= 11 is 0. The van der Waals surface area contributed by atoms with E-state index in [0.29, 0.717) is 18.9 Å². The Hall–Kier alpha value is -1.87. The minimum Gasteiger partial charge on any atom is -0.486 e. The summed E-state index contributed by atoms with van der Waals surface area (Å²) in [5, 5.41) is 3.17. The highest BCUT2D eigenvalue weighted by Crippen LogP contribution is 2.20. The first-order valence-corrected chi connectivity index (χ1v) is 6.87. The quantitative estimate of drug-likeness (QED) is 0.864. The van der Waals surface area contributed by atoms with E-state index >= 15 is 0 Å². The molecule has 0 saturated carbocycles. The molecule has 0 aliphatic rings. The molecular formula is C17H20FNO. The van der Waals surface area contributed by atoms with Crippen molar-refractivity contribution in [1.82, 2.24) is 5.32 Å². The smallest absolute Gasteiger partial charge is 0.165 e. The number of rotatable bonds is 6. The molecule has 0 aliphatic carbocycles. The minimum atomic E-state index is -0.311. The maximum atomic E-state index is 13.9. The lowest BCUT2D eigenvalue weighted by molar-refractivity contribution is 0.289. The molecule has 0 spiro atoms. The molecule has 1 N–H and O–H groups in total. The van der Waals surface area contributed by atoms with Gasteiger partial charge in [0, 0.05) is 6.54 Å². The van der Waals surface area contributed by atoms with Crippen LogP contribution in [0.3, 0.4) is 0 Å². The predicted molar refractivity (Wildman–Crippen MR) is 79.3 cm³/mol. The van der Waals surface area contributed by atoms with Crippen molar-refractivity contribution < 1.29 is 9.13 Å². The van der Waals surface area contributed by atoms with Crippen molar-refractivity contribution in [2.75, 3.05) is 6.54 Å². The lowest BCUT2D eigenvalue weighted by atomic mass is 10.1. The summed E-state index contributed by atoms with van der Waals surface area (Å²) in [5.74, 6) is -0.0116. The molecular weight excluding hydrogens is 253 g/mol. The summed E-state index contributed by atoms with van der Waals surface area (Å²) in [4.78, 5) is 0. The van der Waals surface area contributed by atoms with Gasteiger partial charge in [-0.25, -0.2) is 4.39 Å². The third-order valence-electron chi connectivity index (χ3n) is 3.22. The van der Waals surface area contributed by atoms with Crippen LogP contribution >= 0.6 is 0 Å². The van der Waals surface area contributed by atoms with E-state index in [1.54, 1.807) is 6.07 Å². The number of hydrogen-bond acceptors (Lipinski definition) is 2. The van der Waals surface area contributed by atoms with Crippen molar-refractivity contribution in [3.05, 3.63) is 65.0 Å². The molecule has 0 saturated heterocycles. The van der Waals surface area contributed by atoms with Crippen LogP contribution < -0.4 is 10.1 Å². The van der Waals surface area contributed by atoms with Crippen molar-refractivity contribution in [2.24, 2.45) is 0 Å². The molecule has 0 aromatic heterocycles. The standard InChI is InChI=1S/C17H20FNO/c1-3-19-11-14-8-9-17(16(18)10-14)20-12-15-7-5-4-6-13(15)2/h4-10,19H,3,11-12H2,1-2H3. The number of benzene rings is 2. The van der Waals surface area contributed by atoms with Gasteiger partial charge in [-0.15, -0.1) is 0 Å². The second-order valence-electron chi connectivity index (χ2n) is 4.76. The third-order valence-corrected chi connectivity index (χ3v) is 3.22. The largest absolute Gasteiger partial charge is 0.486 e. The van der Waals surface area contributed by atoms with Crippen LogP contribution in [0.15, 0.2) is 42.5 Å². The molecule has 2 aromatic rings. The van der Waals surface area contributed by atoms with Crippen LogP contribution in [-0.2, 0) is 13.2 Å². The van der Waals surface area contributed by atoms with Gasteiger partial charge in [-0.05, 0) is 42.3 Å². The molecule has 2 nitrogen and oxygen atoms in total. The normalized spacial score (nSPS) is 10.6. The molecule has 20 heavy (non-hydrogen) atoms. The van der Waals surface area contributed by atoms with Gasteiger partial charge in [0.25, 0.3) is 0 Å². The lowest BCUT2D eigenvalue weighted by Crippen LogP contribution is -2.11. The monoisotopic (exact) mass is 273 g/mol. The van der Waals surface area contributed by atoms with Crippen molar-refractivity contribution >= 4 is 0 Å². The van der Waals surface area contributed by atoms with E-state index in [-0.39, 0.29) is 5.82 Å².